The average molecular weight is 258 g/mol. The highest BCUT2D eigenvalue weighted by molar-refractivity contribution is 5.87. The Labute approximate surface area is 105 Å². The van der Waals surface area contributed by atoms with Gasteiger partial charge in [0.15, 0.2) is 0 Å². The summed E-state index contributed by atoms with van der Waals surface area (Å²) in [4.78, 5) is 0. The Morgan fingerprint density at radius 1 is 1.39 bits per heavy atom. The summed E-state index contributed by atoms with van der Waals surface area (Å²) in [5, 5.41) is 3.52. The molecule has 0 amide bonds. The molecule has 5 heteroatoms. The van der Waals surface area contributed by atoms with Gasteiger partial charge in [-0.1, -0.05) is 19.1 Å². The molecule has 0 aromatic heterocycles. The van der Waals surface area contributed by atoms with Crippen molar-refractivity contribution < 1.29 is 13.2 Å². The summed E-state index contributed by atoms with van der Waals surface area (Å²) in [5.74, 6) is -0.279. The maximum absolute atomic E-state index is 13.5. The van der Waals surface area contributed by atoms with Crippen LogP contribution in [-0.4, -0.2) is 19.2 Å². The van der Waals surface area contributed by atoms with E-state index in [1.807, 2.05) is 6.92 Å². The molecule has 2 nitrogen and oxygen atoms in total. The second kappa shape index (κ2) is 7.03. The first-order chi connectivity index (χ1) is 8.58. The third-order valence-corrected chi connectivity index (χ3v) is 2.68. The lowest BCUT2D eigenvalue weighted by molar-refractivity contribution is 0.222. The Hall–Kier alpha value is -1.52. The maximum Gasteiger partial charge on any atom is 0.278 e. The molecule has 0 aliphatic rings. The summed E-state index contributed by atoms with van der Waals surface area (Å²) in [6.45, 7) is 1.87. The zero-order valence-electron chi connectivity index (χ0n) is 10.5. The van der Waals surface area contributed by atoms with Crippen molar-refractivity contribution in [1.82, 2.24) is 5.43 Å². The first kappa shape index (κ1) is 14.5. The predicted molar refractivity (Wildman–Crippen MR) is 66.6 cm³/mol. The molecule has 1 rings (SSSR count). The molecule has 0 radical (unpaired) electrons. The van der Waals surface area contributed by atoms with Crippen LogP contribution in [0.3, 0.4) is 0 Å². The molecule has 1 aromatic carbocycles. The first-order valence-electron chi connectivity index (χ1n) is 5.87. The van der Waals surface area contributed by atoms with E-state index in [1.165, 1.54) is 13.1 Å². The van der Waals surface area contributed by atoms with Crippen LogP contribution < -0.4 is 5.43 Å². The van der Waals surface area contributed by atoms with Crippen molar-refractivity contribution in [3.8, 4) is 0 Å². The van der Waals surface area contributed by atoms with Gasteiger partial charge in [-0.15, -0.1) is 0 Å². The molecule has 0 unspecified atom stereocenters. The molecule has 100 valence electrons. The monoisotopic (exact) mass is 258 g/mol. The Balaban J connectivity index is 2.68. The molecule has 1 aromatic rings. The standard InChI is InChI=1S/C13H17F3N2/c1-3-10-6-4-9(8-11(10)14)5-7-12(13(15)16)18-17-2/h4,6,8,13,17H,3,5,7H2,1-2H3/b18-12+. The first-order valence-corrected chi connectivity index (χ1v) is 5.87. The van der Waals surface area contributed by atoms with Gasteiger partial charge in [0, 0.05) is 7.05 Å². The van der Waals surface area contributed by atoms with E-state index in [0.717, 1.165) is 0 Å². The van der Waals surface area contributed by atoms with Crippen molar-refractivity contribution in [2.24, 2.45) is 5.10 Å². The lowest BCUT2D eigenvalue weighted by atomic mass is 10.0. The minimum Gasteiger partial charge on any atom is -0.313 e. The van der Waals surface area contributed by atoms with Crippen molar-refractivity contribution in [3.05, 3.63) is 35.1 Å². The van der Waals surface area contributed by atoms with Crippen molar-refractivity contribution in [2.75, 3.05) is 7.05 Å². The van der Waals surface area contributed by atoms with E-state index in [-0.39, 0.29) is 17.9 Å². The average Bonchev–Trinajstić information content (AvgIpc) is 2.34. The van der Waals surface area contributed by atoms with Gasteiger partial charge in [0.05, 0.1) is 0 Å². The van der Waals surface area contributed by atoms with Crippen molar-refractivity contribution in [2.45, 2.75) is 32.6 Å². The Morgan fingerprint density at radius 3 is 2.61 bits per heavy atom. The summed E-state index contributed by atoms with van der Waals surface area (Å²) in [7, 11) is 1.47. The van der Waals surface area contributed by atoms with Crippen LogP contribution >= 0.6 is 0 Å². The number of nitrogens with zero attached hydrogens (tertiary/aromatic N) is 1. The predicted octanol–water partition coefficient (Wildman–Crippen LogP) is 3.16. The minimum absolute atomic E-state index is 0.115. The molecule has 0 aliphatic carbocycles. The molecule has 0 saturated carbocycles. The van der Waals surface area contributed by atoms with Gasteiger partial charge in [-0.05, 0) is 36.5 Å². The van der Waals surface area contributed by atoms with Crippen LogP contribution in [0.25, 0.3) is 0 Å². The number of nitrogens with one attached hydrogen (secondary N) is 1. The molecule has 0 heterocycles. The van der Waals surface area contributed by atoms with Gasteiger partial charge in [-0.2, -0.15) is 5.10 Å². The molecule has 0 aliphatic heterocycles. The highest BCUT2D eigenvalue weighted by Crippen LogP contribution is 2.14. The molecule has 0 fully saturated rings. The van der Waals surface area contributed by atoms with E-state index in [0.29, 0.717) is 24.0 Å². The molecular formula is C13H17F3N2. The Kier molecular flexibility index (Phi) is 5.68. The second-order valence-corrected chi connectivity index (χ2v) is 3.91. The zero-order chi connectivity index (χ0) is 13.5. The van der Waals surface area contributed by atoms with Gasteiger partial charge >= 0.3 is 0 Å². The highest BCUT2D eigenvalue weighted by atomic mass is 19.3. The molecule has 0 saturated heterocycles. The second-order valence-electron chi connectivity index (χ2n) is 3.91. The van der Waals surface area contributed by atoms with Crippen LogP contribution in [0.4, 0.5) is 13.2 Å². The number of alkyl halides is 2. The fraction of sp³-hybridized carbons (Fsp3) is 0.462. The molecule has 18 heavy (non-hydrogen) atoms. The number of hydrogen-bond donors (Lipinski definition) is 1. The molecule has 0 bridgehead atoms. The van der Waals surface area contributed by atoms with Crippen molar-refractivity contribution in [1.29, 1.82) is 0 Å². The Morgan fingerprint density at radius 2 is 2.11 bits per heavy atom. The van der Waals surface area contributed by atoms with E-state index in [4.69, 9.17) is 0 Å². The normalized spacial score (nSPS) is 12.0. The smallest absolute Gasteiger partial charge is 0.278 e. The summed E-state index contributed by atoms with van der Waals surface area (Å²) in [5.41, 5.74) is 3.48. The third-order valence-electron chi connectivity index (χ3n) is 2.68. The van der Waals surface area contributed by atoms with E-state index >= 15 is 0 Å². The topological polar surface area (TPSA) is 24.4 Å². The lowest BCUT2D eigenvalue weighted by Gasteiger charge is -2.07. The molecule has 0 spiro atoms. The van der Waals surface area contributed by atoms with Gasteiger partial charge in [0.1, 0.15) is 11.5 Å². The van der Waals surface area contributed by atoms with E-state index in [1.54, 1.807) is 12.1 Å². The van der Waals surface area contributed by atoms with Gasteiger partial charge < -0.3 is 5.43 Å². The van der Waals surface area contributed by atoms with Gasteiger partial charge in [0.25, 0.3) is 6.43 Å². The van der Waals surface area contributed by atoms with Crippen LogP contribution in [0.5, 0.6) is 0 Å². The van der Waals surface area contributed by atoms with Crippen LogP contribution in [0.1, 0.15) is 24.5 Å². The summed E-state index contributed by atoms with van der Waals surface area (Å²) in [6.07, 6.45) is -1.50. The highest BCUT2D eigenvalue weighted by Gasteiger charge is 2.13. The van der Waals surface area contributed by atoms with Crippen LogP contribution in [-0.2, 0) is 12.8 Å². The summed E-state index contributed by atoms with van der Waals surface area (Å²) < 4.78 is 38.6. The summed E-state index contributed by atoms with van der Waals surface area (Å²) >= 11 is 0. The summed E-state index contributed by atoms with van der Waals surface area (Å²) in [6, 6.07) is 4.87. The zero-order valence-corrected chi connectivity index (χ0v) is 10.5. The number of hydrazone groups is 1. The number of rotatable bonds is 6. The van der Waals surface area contributed by atoms with Gasteiger partial charge in [-0.3, -0.25) is 0 Å². The van der Waals surface area contributed by atoms with Crippen molar-refractivity contribution >= 4 is 5.71 Å². The Bertz CT molecular complexity index is 417. The third kappa shape index (κ3) is 4.05. The quantitative estimate of drug-likeness (QED) is 0.615. The van der Waals surface area contributed by atoms with Gasteiger partial charge in [-0.25, -0.2) is 13.2 Å². The largest absolute Gasteiger partial charge is 0.313 e. The number of halogens is 3. The molecule has 0 atom stereocenters. The molecule has 1 N–H and O–H groups in total. The van der Waals surface area contributed by atoms with Crippen molar-refractivity contribution in [3.63, 3.8) is 0 Å². The lowest BCUT2D eigenvalue weighted by Crippen LogP contribution is -2.15. The van der Waals surface area contributed by atoms with Gasteiger partial charge in [0.2, 0.25) is 0 Å². The SMILES string of the molecule is CCc1ccc(CC/C(=N\NC)C(F)F)cc1F. The number of aryl methyl sites for hydroxylation is 2. The fourth-order valence-electron chi connectivity index (χ4n) is 1.66. The number of benzene rings is 1. The van der Waals surface area contributed by atoms with Crippen LogP contribution in [0.15, 0.2) is 23.3 Å². The van der Waals surface area contributed by atoms with Crippen LogP contribution in [0, 0.1) is 5.82 Å². The maximum atomic E-state index is 13.5. The van der Waals surface area contributed by atoms with E-state index in [9.17, 15) is 13.2 Å². The van der Waals surface area contributed by atoms with Crippen LogP contribution in [0.2, 0.25) is 0 Å². The van der Waals surface area contributed by atoms with E-state index < -0.39 is 6.43 Å². The fourth-order valence-corrected chi connectivity index (χ4v) is 1.66. The molecular weight excluding hydrogens is 241 g/mol. The number of hydrogen-bond acceptors (Lipinski definition) is 2. The van der Waals surface area contributed by atoms with E-state index in [2.05, 4.69) is 10.5 Å². The minimum atomic E-state index is -2.59.